The average Bonchev–Trinajstić information content (AvgIpc) is 3.64. The van der Waals surface area contributed by atoms with E-state index in [-0.39, 0.29) is 17.9 Å². The number of amides is 2. The molecule has 3 aromatic carbocycles. The van der Waals surface area contributed by atoms with Gasteiger partial charge in [-0.25, -0.2) is 9.78 Å². The second-order valence-electron chi connectivity index (χ2n) is 10.6. The lowest BCUT2D eigenvalue weighted by molar-refractivity contribution is -0.135. The van der Waals surface area contributed by atoms with Crippen molar-refractivity contribution >= 4 is 71.2 Å². The van der Waals surface area contributed by atoms with E-state index in [1.807, 2.05) is 18.7 Å². The minimum absolute atomic E-state index is 0.0132. The number of imidazole rings is 1. The van der Waals surface area contributed by atoms with Crippen molar-refractivity contribution in [1.82, 2.24) is 20.2 Å². The molecular formula is C30H29BrN4O3S. The van der Waals surface area contributed by atoms with Crippen molar-refractivity contribution in [3.8, 4) is 10.4 Å². The van der Waals surface area contributed by atoms with Crippen molar-refractivity contribution in [2.24, 2.45) is 5.92 Å². The fourth-order valence-corrected chi connectivity index (χ4v) is 7.25. The molecule has 3 heterocycles. The van der Waals surface area contributed by atoms with Gasteiger partial charge in [0.15, 0.2) is 0 Å². The third-order valence-corrected chi connectivity index (χ3v) is 9.22. The Hall–Kier alpha value is -3.43. The molecule has 200 valence electrons. The number of hydrogen-bond donors (Lipinski definition) is 3. The molecule has 2 amide bonds. The molecule has 1 aliphatic rings. The standard InChI is InChI=1S/C30H29BrN4O3S/c1-16(2)27(34-30(37)38)29(36)35-11-3-4-21(35)15-26-32-23-10-7-17-12-18(6-9-22(17)28(23)33-26)24-13-19-5-8-20(31)14-25(19)39-24/h5-10,12-14,16,21,27,34H,3-4,11,15H2,1-2H3,(H,32,33)(H,37,38)/t21-,27-/m0/s1. The predicted octanol–water partition coefficient (Wildman–Crippen LogP) is 7.19. The molecule has 6 rings (SSSR count). The summed E-state index contributed by atoms with van der Waals surface area (Å²) in [6, 6.07) is 18.6. The zero-order chi connectivity index (χ0) is 27.3. The highest BCUT2D eigenvalue weighted by Gasteiger charge is 2.35. The number of fused-ring (bicyclic) bond motifs is 4. The molecule has 0 bridgehead atoms. The lowest BCUT2D eigenvalue weighted by atomic mass is 10.0. The van der Waals surface area contributed by atoms with Gasteiger partial charge in [-0.15, -0.1) is 11.3 Å². The molecule has 1 aliphatic heterocycles. The molecule has 0 aliphatic carbocycles. The van der Waals surface area contributed by atoms with E-state index < -0.39 is 12.1 Å². The van der Waals surface area contributed by atoms with E-state index in [0.717, 1.165) is 44.9 Å². The summed E-state index contributed by atoms with van der Waals surface area (Å²) in [6.07, 6.45) is 1.20. The number of rotatable bonds is 6. The maximum absolute atomic E-state index is 13.3. The molecule has 0 spiro atoms. The van der Waals surface area contributed by atoms with E-state index in [0.29, 0.717) is 13.0 Å². The van der Waals surface area contributed by atoms with Crippen LogP contribution in [0, 0.1) is 5.92 Å². The summed E-state index contributed by atoms with van der Waals surface area (Å²) in [4.78, 5) is 36.0. The Bertz CT molecular complexity index is 1730. The van der Waals surface area contributed by atoms with E-state index in [1.165, 1.54) is 20.5 Å². The first-order valence-electron chi connectivity index (χ1n) is 13.2. The highest BCUT2D eigenvalue weighted by molar-refractivity contribution is 9.10. The van der Waals surface area contributed by atoms with Gasteiger partial charge in [-0.05, 0) is 65.4 Å². The number of H-pyrrole nitrogens is 1. The molecule has 2 aromatic heterocycles. The van der Waals surface area contributed by atoms with Gasteiger partial charge >= 0.3 is 6.09 Å². The van der Waals surface area contributed by atoms with Crippen LogP contribution in [0.4, 0.5) is 4.79 Å². The van der Waals surface area contributed by atoms with E-state index in [4.69, 9.17) is 4.98 Å². The summed E-state index contributed by atoms with van der Waals surface area (Å²) < 4.78 is 2.34. The van der Waals surface area contributed by atoms with Crippen LogP contribution in [0.3, 0.4) is 0 Å². The summed E-state index contributed by atoms with van der Waals surface area (Å²) in [5, 5.41) is 15.1. The number of halogens is 1. The maximum atomic E-state index is 13.3. The fourth-order valence-electron chi connectivity index (χ4n) is 5.64. The predicted molar refractivity (Wildman–Crippen MR) is 160 cm³/mol. The van der Waals surface area contributed by atoms with Crippen LogP contribution in [0.5, 0.6) is 0 Å². The summed E-state index contributed by atoms with van der Waals surface area (Å²) >= 11 is 5.35. The van der Waals surface area contributed by atoms with Gasteiger partial charge in [-0.2, -0.15) is 0 Å². The van der Waals surface area contributed by atoms with Gasteiger partial charge in [-0.1, -0.05) is 54.0 Å². The van der Waals surface area contributed by atoms with E-state index in [9.17, 15) is 14.7 Å². The first-order valence-corrected chi connectivity index (χ1v) is 14.8. The minimum atomic E-state index is -1.18. The Morgan fingerprint density at radius 3 is 2.77 bits per heavy atom. The Morgan fingerprint density at radius 2 is 1.97 bits per heavy atom. The summed E-state index contributed by atoms with van der Waals surface area (Å²) in [5.41, 5.74) is 3.09. The number of nitrogens with one attached hydrogen (secondary N) is 2. The second kappa shape index (κ2) is 10.3. The second-order valence-corrected chi connectivity index (χ2v) is 12.6. The highest BCUT2D eigenvalue weighted by Crippen LogP contribution is 2.37. The number of likely N-dealkylation sites (tertiary alicyclic amines) is 1. The van der Waals surface area contributed by atoms with Crippen molar-refractivity contribution in [2.45, 2.75) is 45.2 Å². The van der Waals surface area contributed by atoms with Crippen LogP contribution >= 0.6 is 27.3 Å². The summed E-state index contributed by atoms with van der Waals surface area (Å²) in [6.45, 7) is 4.35. The molecule has 7 nitrogen and oxygen atoms in total. The van der Waals surface area contributed by atoms with Gasteiger partial charge in [0.2, 0.25) is 5.91 Å². The SMILES string of the molecule is CC(C)[C@H](NC(=O)O)C(=O)N1CCC[C@H]1Cc1nc2c(ccc3cc(-c4cc5ccc(Br)cc5s4)ccc32)[nH]1. The third-order valence-electron chi connectivity index (χ3n) is 7.58. The molecule has 9 heteroatoms. The van der Waals surface area contributed by atoms with Gasteiger partial charge in [0.1, 0.15) is 11.9 Å². The Kier molecular flexibility index (Phi) is 6.81. The van der Waals surface area contributed by atoms with Crippen molar-refractivity contribution in [3.63, 3.8) is 0 Å². The third kappa shape index (κ3) is 5.01. The topological polar surface area (TPSA) is 98.3 Å². The molecule has 5 aromatic rings. The first-order chi connectivity index (χ1) is 18.8. The van der Waals surface area contributed by atoms with Crippen LogP contribution in [0.25, 0.3) is 42.3 Å². The number of carbonyl (C=O) groups is 2. The van der Waals surface area contributed by atoms with Gasteiger partial charge in [-0.3, -0.25) is 4.79 Å². The van der Waals surface area contributed by atoms with Crippen LogP contribution in [-0.2, 0) is 11.2 Å². The van der Waals surface area contributed by atoms with Crippen molar-refractivity contribution < 1.29 is 14.7 Å². The normalized spacial score (nSPS) is 16.5. The highest BCUT2D eigenvalue weighted by atomic mass is 79.9. The summed E-state index contributed by atoms with van der Waals surface area (Å²) in [5.74, 6) is 0.554. The number of thiophene rings is 1. The molecule has 0 unspecified atom stereocenters. The van der Waals surface area contributed by atoms with E-state index in [1.54, 1.807) is 11.3 Å². The van der Waals surface area contributed by atoms with E-state index in [2.05, 4.69) is 80.8 Å². The van der Waals surface area contributed by atoms with Crippen LogP contribution in [-0.4, -0.2) is 50.6 Å². The van der Waals surface area contributed by atoms with Crippen LogP contribution in [0.2, 0.25) is 0 Å². The lowest BCUT2D eigenvalue weighted by Gasteiger charge is -2.30. The first kappa shape index (κ1) is 25.8. The van der Waals surface area contributed by atoms with Gasteiger partial charge in [0.25, 0.3) is 0 Å². The molecule has 0 saturated carbocycles. The smallest absolute Gasteiger partial charge is 0.405 e. The number of carbonyl (C=O) groups excluding carboxylic acids is 1. The van der Waals surface area contributed by atoms with Crippen molar-refractivity contribution in [1.29, 1.82) is 0 Å². The van der Waals surface area contributed by atoms with Gasteiger partial charge < -0.3 is 20.3 Å². The van der Waals surface area contributed by atoms with Gasteiger partial charge in [0, 0.05) is 38.4 Å². The maximum Gasteiger partial charge on any atom is 0.405 e. The molecular weight excluding hydrogens is 576 g/mol. The number of benzene rings is 3. The number of nitrogens with zero attached hydrogens (tertiary/aromatic N) is 2. The Labute approximate surface area is 238 Å². The van der Waals surface area contributed by atoms with Crippen LogP contribution < -0.4 is 5.32 Å². The molecule has 3 N–H and O–H groups in total. The zero-order valence-corrected chi connectivity index (χ0v) is 24.1. The Balaban J connectivity index is 1.27. The summed E-state index contributed by atoms with van der Waals surface area (Å²) in [7, 11) is 0. The fraction of sp³-hybridized carbons (Fsp3) is 0.300. The molecule has 0 radical (unpaired) electrons. The van der Waals surface area contributed by atoms with Crippen molar-refractivity contribution in [3.05, 3.63) is 64.9 Å². The van der Waals surface area contributed by atoms with E-state index >= 15 is 0 Å². The van der Waals surface area contributed by atoms with Crippen LogP contribution in [0.15, 0.2) is 59.1 Å². The molecule has 2 atom stereocenters. The quantitative estimate of drug-likeness (QED) is 0.191. The lowest BCUT2D eigenvalue weighted by Crippen LogP contribution is -2.52. The van der Waals surface area contributed by atoms with Crippen LogP contribution in [0.1, 0.15) is 32.5 Å². The van der Waals surface area contributed by atoms with Crippen molar-refractivity contribution in [2.75, 3.05) is 6.54 Å². The molecule has 1 saturated heterocycles. The van der Waals surface area contributed by atoms with Gasteiger partial charge in [0.05, 0.1) is 11.0 Å². The number of carboxylic acid groups (broad SMARTS) is 1. The number of hydrogen-bond acceptors (Lipinski definition) is 4. The largest absolute Gasteiger partial charge is 0.465 e. The monoisotopic (exact) mass is 604 g/mol. The zero-order valence-electron chi connectivity index (χ0n) is 21.7. The Morgan fingerprint density at radius 1 is 1.15 bits per heavy atom. The number of aromatic nitrogens is 2. The average molecular weight is 606 g/mol. The number of aromatic amines is 1. The minimum Gasteiger partial charge on any atom is -0.465 e. The molecule has 39 heavy (non-hydrogen) atoms. The molecule has 1 fully saturated rings.